The molecule has 0 aliphatic heterocycles. The molecule has 0 aromatic heterocycles. The number of aromatic hydroxyl groups is 1. The first kappa shape index (κ1) is 15.2. The number of methoxy groups -OCH3 is 1. The summed E-state index contributed by atoms with van der Waals surface area (Å²) in [6, 6.07) is 9.87. The number of nitrogen functional groups attached to an aromatic ring is 1. The minimum atomic E-state index is -0.290. The van der Waals surface area contributed by atoms with Crippen LogP contribution >= 0.6 is 15.9 Å². The minimum Gasteiger partial charge on any atom is -0.507 e. The van der Waals surface area contributed by atoms with E-state index in [1.807, 2.05) is 0 Å². The molecule has 0 heterocycles. The van der Waals surface area contributed by atoms with Crippen LogP contribution in [0.4, 0.5) is 5.69 Å². The monoisotopic (exact) mass is 350 g/mol. The van der Waals surface area contributed by atoms with Crippen LogP contribution < -0.4 is 15.8 Å². The van der Waals surface area contributed by atoms with Gasteiger partial charge in [0.15, 0.2) is 0 Å². The highest BCUT2D eigenvalue weighted by Crippen LogP contribution is 2.24. The number of amides is 1. The Hall–Kier alpha value is -2.21. The van der Waals surface area contributed by atoms with Gasteiger partial charge in [-0.05, 0) is 52.3 Å². The number of phenols is 1. The van der Waals surface area contributed by atoms with Crippen molar-refractivity contribution in [2.24, 2.45) is 0 Å². The molecule has 0 bridgehead atoms. The quantitative estimate of drug-likeness (QED) is 0.740. The second-order valence-corrected chi connectivity index (χ2v) is 5.27. The van der Waals surface area contributed by atoms with E-state index in [1.54, 1.807) is 37.4 Å². The summed E-state index contributed by atoms with van der Waals surface area (Å²) in [4.78, 5) is 12.1. The maximum absolute atomic E-state index is 12.1. The molecule has 0 spiro atoms. The normalized spacial score (nSPS) is 10.2. The average Bonchev–Trinajstić information content (AvgIpc) is 2.47. The molecule has 0 aliphatic carbocycles. The van der Waals surface area contributed by atoms with Crippen LogP contribution in [0.3, 0.4) is 0 Å². The van der Waals surface area contributed by atoms with Gasteiger partial charge in [-0.1, -0.05) is 0 Å². The number of carbonyl (C=O) groups is 1. The van der Waals surface area contributed by atoms with Crippen molar-refractivity contribution >= 4 is 27.5 Å². The number of ether oxygens (including phenoxy) is 1. The van der Waals surface area contributed by atoms with E-state index in [1.165, 1.54) is 6.07 Å². The smallest absolute Gasteiger partial charge is 0.251 e. The van der Waals surface area contributed by atoms with Gasteiger partial charge in [-0.25, -0.2) is 0 Å². The molecule has 1 amide bonds. The highest BCUT2D eigenvalue weighted by molar-refractivity contribution is 9.10. The van der Waals surface area contributed by atoms with E-state index in [9.17, 15) is 9.90 Å². The van der Waals surface area contributed by atoms with E-state index in [2.05, 4.69) is 21.2 Å². The van der Waals surface area contributed by atoms with Crippen molar-refractivity contribution in [2.75, 3.05) is 12.8 Å². The Balaban J connectivity index is 2.10. The Morgan fingerprint density at radius 1 is 1.33 bits per heavy atom. The van der Waals surface area contributed by atoms with E-state index in [0.717, 1.165) is 5.56 Å². The lowest BCUT2D eigenvalue weighted by Crippen LogP contribution is -2.23. The Labute approximate surface area is 130 Å². The Kier molecular flexibility index (Phi) is 4.70. The number of nitrogens with one attached hydrogen (secondary N) is 1. The van der Waals surface area contributed by atoms with Crippen molar-refractivity contribution in [2.45, 2.75) is 6.54 Å². The van der Waals surface area contributed by atoms with Crippen LogP contribution in [0.25, 0.3) is 0 Å². The first-order chi connectivity index (χ1) is 10.0. The maximum Gasteiger partial charge on any atom is 0.251 e. The van der Waals surface area contributed by atoms with Gasteiger partial charge < -0.3 is 20.9 Å². The molecule has 2 rings (SSSR count). The van der Waals surface area contributed by atoms with Gasteiger partial charge in [-0.2, -0.15) is 0 Å². The third-order valence-electron chi connectivity index (χ3n) is 2.95. The van der Waals surface area contributed by atoms with E-state index in [4.69, 9.17) is 10.5 Å². The molecular formula is C15H15BrN2O3. The van der Waals surface area contributed by atoms with Gasteiger partial charge in [0, 0.05) is 23.4 Å². The van der Waals surface area contributed by atoms with Crippen molar-refractivity contribution in [3.8, 4) is 11.5 Å². The van der Waals surface area contributed by atoms with Crippen molar-refractivity contribution in [1.29, 1.82) is 0 Å². The van der Waals surface area contributed by atoms with Gasteiger partial charge in [0.2, 0.25) is 0 Å². The van der Waals surface area contributed by atoms with Crippen LogP contribution in [0, 0.1) is 0 Å². The minimum absolute atomic E-state index is 0.0178. The highest BCUT2D eigenvalue weighted by Gasteiger charge is 2.10. The van der Waals surface area contributed by atoms with Gasteiger partial charge in [-0.15, -0.1) is 0 Å². The fourth-order valence-electron chi connectivity index (χ4n) is 1.87. The number of anilines is 1. The number of carbonyl (C=O) groups excluding carboxylic acids is 1. The zero-order valence-corrected chi connectivity index (χ0v) is 13.0. The first-order valence-electron chi connectivity index (χ1n) is 6.20. The number of phenolic OH excluding ortho intramolecular Hbond substituents is 1. The van der Waals surface area contributed by atoms with E-state index >= 15 is 0 Å². The van der Waals surface area contributed by atoms with Crippen LogP contribution in [-0.2, 0) is 6.54 Å². The number of halogens is 1. The second-order valence-electron chi connectivity index (χ2n) is 4.42. The number of hydrogen-bond donors (Lipinski definition) is 3. The molecule has 2 aromatic rings. The molecule has 0 saturated heterocycles. The number of rotatable bonds is 4. The zero-order chi connectivity index (χ0) is 15.4. The standard InChI is InChI=1S/C15H15BrN2O3/c1-21-14-5-3-11(17)6-10(14)8-18-15(20)9-2-4-12(16)13(19)7-9/h2-7,19H,8,17H2,1H3,(H,18,20). The summed E-state index contributed by atoms with van der Waals surface area (Å²) in [6.45, 7) is 0.282. The third kappa shape index (κ3) is 3.66. The Bertz CT molecular complexity index is 674. The summed E-state index contributed by atoms with van der Waals surface area (Å²) in [5.41, 5.74) is 7.49. The van der Waals surface area contributed by atoms with Crippen LogP contribution in [0.2, 0.25) is 0 Å². The second kappa shape index (κ2) is 6.49. The van der Waals surface area contributed by atoms with Gasteiger partial charge in [-0.3, -0.25) is 4.79 Å². The first-order valence-corrected chi connectivity index (χ1v) is 6.99. The fraction of sp³-hybridized carbons (Fsp3) is 0.133. The summed E-state index contributed by atoms with van der Waals surface area (Å²) in [6.07, 6.45) is 0. The van der Waals surface area contributed by atoms with Crippen LogP contribution in [0.5, 0.6) is 11.5 Å². The maximum atomic E-state index is 12.1. The summed E-state index contributed by atoms with van der Waals surface area (Å²) in [7, 11) is 1.56. The van der Waals surface area contributed by atoms with Gasteiger partial charge in [0.1, 0.15) is 11.5 Å². The molecule has 2 aromatic carbocycles. The third-order valence-corrected chi connectivity index (χ3v) is 3.62. The zero-order valence-electron chi connectivity index (χ0n) is 11.4. The molecule has 5 nitrogen and oxygen atoms in total. The van der Waals surface area contributed by atoms with Gasteiger partial charge in [0.25, 0.3) is 5.91 Å². The largest absolute Gasteiger partial charge is 0.507 e. The molecule has 0 unspecified atom stereocenters. The molecule has 0 fully saturated rings. The molecule has 0 saturated carbocycles. The number of hydrogen-bond acceptors (Lipinski definition) is 4. The summed E-state index contributed by atoms with van der Waals surface area (Å²) in [5.74, 6) is 0.384. The summed E-state index contributed by atoms with van der Waals surface area (Å²) < 4.78 is 5.76. The number of nitrogens with two attached hydrogens (primary N) is 1. The molecule has 0 aliphatic rings. The molecule has 0 radical (unpaired) electrons. The number of benzene rings is 2. The van der Waals surface area contributed by atoms with Gasteiger partial charge >= 0.3 is 0 Å². The lowest BCUT2D eigenvalue weighted by Gasteiger charge is -2.11. The predicted molar refractivity (Wildman–Crippen MR) is 84.4 cm³/mol. The topological polar surface area (TPSA) is 84.6 Å². The molecule has 0 atom stereocenters. The molecule has 21 heavy (non-hydrogen) atoms. The predicted octanol–water partition coefficient (Wildman–Crippen LogP) is 2.68. The Morgan fingerprint density at radius 2 is 2.10 bits per heavy atom. The highest BCUT2D eigenvalue weighted by atomic mass is 79.9. The van der Waals surface area contributed by atoms with Crippen molar-refractivity contribution in [3.63, 3.8) is 0 Å². The van der Waals surface area contributed by atoms with Crippen molar-refractivity contribution in [3.05, 3.63) is 52.0 Å². The van der Waals surface area contributed by atoms with Crippen molar-refractivity contribution in [1.82, 2.24) is 5.32 Å². The average molecular weight is 351 g/mol. The van der Waals surface area contributed by atoms with Crippen LogP contribution in [0.15, 0.2) is 40.9 Å². The van der Waals surface area contributed by atoms with E-state index < -0.39 is 0 Å². The molecular weight excluding hydrogens is 336 g/mol. The molecule has 4 N–H and O–H groups in total. The summed E-state index contributed by atoms with van der Waals surface area (Å²) >= 11 is 3.17. The van der Waals surface area contributed by atoms with Gasteiger partial charge in [0.05, 0.1) is 11.6 Å². The molecule has 6 heteroatoms. The van der Waals surface area contributed by atoms with Crippen molar-refractivity contribution < 1.29 is 14.6 Å². The fourth-order valence-corrected chi connectivity index (χ4v) is 2.11. The molecule has 110 valence electrons. The van der Waals surface area contributed by atoms with E-state index in [-0.39, 0.29) is 18.2 Å². The summed E-state index contributed by atoms with van der Waals surface area (Å²) in [5, 5.41) is 12.4. The lowest BCUT2D eigenvalue weighted by molar-refractivity contribution is 0.0950. The van der Waals surface area contributed by atoms with Crippen LogP contribution in [0.1, 0.15) is 15.9 Å². The Morgan fingerprint density at radius 3 is 2.76 bits per heavy atom. The van der Waals surface area contributed by atoms with E-state index in [0.29, 0.717) is 21.5 Å². The SMILES string of the molecule is COc1ccc(N)cc1CNC(=O)c1ccc(Br)c(O)c1. The lowest BCUT2D eigenvalue weighted by atomic mass is 10.1. The van der Waals surface area contributed by atoms with Crippen LogP contribution in [-0.4, -0.2) is 18.1 Å².